The zero-order valence-corrected chi connectivity index (χ0v) is 13.3. The molecule has 1 atom stereocenters. The fourth-order valence-electron chi connectivity index (χ4n) is 1.75. The summed E-state index contributed by atoms with van der Waals surface area (Å²) < 4.78 is 17.7. The van der Waals surface area contributed by atoms with Crippen molar-refractivity contribution in [1.82, 2.24) is 0 Å². The Hall–Kier alpha value is -0.423. The van der Waals surface area contributed by atoms with E-state index in [-0.39, 0.29) is 6.10 Å². The van der Waals surface area contributed by atoms with Gasteiger partial charge in [-0.05, 0) is 27.2 Å². The van der Waals surface area contributed by atoms with Crippen LogP contribution in [0.2, 0.25) is 6.04 Å². The number of rotatable bonds is 11. The van der Waals surface area contributed by atoms with Crippen LogP contribution in [0.3, 0.4) is 0 Å². The Morgan fingerprint density at radius 2 is 1.78 bits per heavy atom. The highest BCUT2D eigenvalue weighted by molar-refractivity contribution is 6.60. The second kappa shape index (κ2) is 10.5. The molecule has 0 heterocycles. The molecule has 0 aromatic carbocycles. The second-order valence-electron chi connectivity index (χ2n) is 4.07. The van der Waals surface area contributed by atoms with Crippen molar-refractivity contribution in [3.8, 4) is 0 Å². The van der Waals surface area contributed by atoms with Crippen LogP contribution in [0.15, 0.2) is 24.8 Å². The molecular formula is C14H28O3Si. The van der Waals surface area contributed by atoms with Gasteiger partial charge >= 0.3 is 8.80 Å². The molecular weight excluding hydrogens is 244 g/mol. The number of hydrogen-bond donors (Lipinski definition) is 0. The van der Waals surface area contributed by atoms with Gasteiger partial charge in [0.1, 0.15) is 0 Å². The third kappa shape index (κ3) is 7.11. The van der Waals surface area contributed by atoms with Crippen molar-refractivity contribution in [3.63, 3.8) is 0 Å². The van der Waals surface area contributed by atoms with E-state index in [4.69, 9.17) is 13.3 Å². The van der Waals surface area contributed by atoms with E-state index in [9.17, 15) is 0 Å². The van der Waals surface area contributed by atoms with Gasteiger partial charge < -0.3 is 13.3 Å². The van der Waals surface area contributed by atoms with Crippen LogP contribution in [0.5, 0.6) is 0 Å². The van der Waals surface area contributed by atoms with Crippen LogP contribution < -0.4 is 0 Å². The molecule has 0 spiro atoms. The lowest BCUT2D eigenvalue weighted by Crippen LogP contribution is -2.47. The van der Waals surface area contributed by atoms with Crippen LogP contribution in [0.25, 0.3) is 0 Å². The molecule has 0 fully saturated rings. The van der Waals surface area contributed by atoms with E-state index in [1.807, 2.05) is 32.9 Å². The summed E-state index contributed by atoms with van der Waals surface area (Å²) >= 11 is 0. The molecule has 0 radical (unpaired) electrons. The highest BCUT2D eigenvalue weighted by Gasteiger charge is 2.40. The molecule has 106 valence electrons. The molecule has 0 aromatic rings. The van der Waals surface area contributed by atoms with Gasteiger partial charge in [0.05, 0.1) is 6.10 Å². The molecule has 18 heavy (non-hydrogen) atoms. The molecule has 1 unspecified atom stereocenters. The minimum Gasteiger partial charge on any atom is -0.374 e. The van der Waals surface area contributed by atoms with Gasteiger partial charge in [-0.2, -0.15) is 0 Å². The molecule has 0 saturated heterocycles. The van der Waals surface area contributed by atoms with Crippen molar-refractivity contribution < 1.29 is 13.3 Å². The first-order chi connectivity index (χ1) is 8.64. The SMILES string of the molecule is C=CCC=CC(C)O[Si](CCC)(OCC)OCC. The van der Waals surface area contributed by atoms with Gasteiger partial charge in [0.15, 0.2) is 0 Å². The maximum Gasteiger partial charge on any atom is 0.501 e. The predicted molar refractivity (Wildman–Crippen MR) is 78.6 cm³/mol. The first-order valence-electron chi connectivity index (χ1n) is 6.87. The molecule has 0 aliphatic rings. The Labute approximate surface area is 113 Å². The lowest BCUT2D eigenvalue weighted by Gasteiger charge is -2.30. The van der Waals surface area contributed by atoms with Crippen molar-refractivity contribution in [2.75, 3.05) is 13.2 Å². The molecule has 0 aliphatic heterocycles. The summed E-state index contributed by atoms with van der Waals surface area (Å²) in [6.45, 7) is 13.1. The van der Waals surface area contributed by atoms with Crippen molar-refractivity contribution in [2.45, 2.75) is 52.7 Å². The van der Waals surface area contributed by atoms with E-state index in [1.165, 1.54) is 0 Å². The first-order valence-corrected chi connectivity index (χ1v) is 8.80. The average Bonchev–Trinajstić information content (AvgIpc) is 2.30. The normalized spacial score (nSPS) is 14.0. The second-order valence-corrected chi connectivity index (χ2v) is 6.75. The largest absolute Gasteiger partial charge is 0.501 e. The van der Waals surface area contributed by atoms with E-state index in [0.717, 1.165) is 18.9 Å². The van der Waals surface area contributed by atoms with E-state index >= 15 is 0 Å². The van der Waals surface area contributed by atoms with Crippen LogP contribution in [0.1, 0.15) is 40.5 Å². The molecule has 0 saturated carbocycles. The topological polar surface area (TPSA) is 27.7 Å². The monoisotopic (exact) mass is 272 g/mol. The van der Waals surface area contributed by atoms with Crippen LogP contribution in [-0.2, 0) is 13.3 Å². The van der Waals surface area contributed by atoms with Gasteiger partial charge in [0.2, 0.25) is 0 Å². The molecule has 0 bridgehead atoms. The highest BCUT2D eigenvalue weighted by Crippen LogP contribution is 2.20. The molecule has 0 amide bonds. The zero-order valence-electron chi connectivity index (χ0n) is 12.3. The summed E-state index contributed by atoms with van der Waals surface area (Å²) in [5.41, 5.74) is 0. The maximum atomic E-state index is 6.08. The van der Waals surface area contributed by atoms with E-state index < -0.39 is 8.80 Å². The van der Waals surface area contributed by atoms with Crippen LogP contribution in [-0.4, -0.2) is 28.1 Å². The Balaban J connectivity index is 4.57. The fraction of sp³-hybridized carbons (Fsp3) is 0.714. The van der Waals surface area contributed by atoms with Crippen molar-refractivity contribution in [2.24, 2.45) is 0 Å². The van der Waals surface area contributed by atoms with Gasteiger partial charge in [0, 0.05) is 19.3 Å². The summed E-state index contributed by atoms with van der Waals surface area (Å²) in [6, 6.07) is 0.869. The summed E-state index contributed by atoms with van der Waals surface area (Å²) in [4.78, 5) is 0. The van der Waals surface area contributed by atoms with Crippen molar-refractivity contribution in [1.29, 1.82) is 0 Å². The molecule has 4 heteroatoms. The smallest absolute Gasteiger partial charge is 0.374 e. The molecule has 0 rings (SSSR count). The van der Waals surface area contributed by atoms with E-state index in [1.54, 1.807) is 0 Å². The Morgan fingerprint density at radius 1 is 1.17 bits per heavy atom. The van der Waals surface area contributed by atoms with Crippen LogP contribution in [0.4, 0.5) is 0 Å². The third-order valence-corrected chi connectivity index (χ3v) is 5.66. The lowest BCUT2D eigenvalue weighted by molar-refractivity contribution is 0.0521. The summed E-state index contributed by atoms with van der Waals surface area (Å²) in [7, 11) is -2.50. The Kier molecular flexibility index (Phi) is 10.2. The van der Waals surface area contributed by atoms with Gasteiger partial charge in [-0.15, -0.1) is 6.58 Å². The first kappa shape index (κ1) is 17.6. The number of hydrogen-bond acceptors (Lipinski definition) is 3. The lowest BCUT2D eigenvalue weighted by atomic mass is 10.3. The van der Waals surface area contributed by atoms with Crippen molar-refractivity contribution >= 4 is 8.80 Å². The maximum absolute atomic E-state index is 6.08. The highest BCUT2D eigenvalue weighted by atomic mass is 28.4. The van der Waals surface area contributed by atoms with E-state index in [0.29, 0.717) is 13.2 Å². The molecule has 0 aromatic heterocycles. The minimum atomic E-state index is -2.50. The van der Waals surface area contributed by atoms with Crippen LogP contribution >= 0.6 is 0 Å². The van der Waals surface area contributed by atoms with Gasteiger partial charge in [0.25, 0.3) is 0 Å². The average molecular weight is 272 g/mol. The van der Waals surface area contributed by atoms with Crippen molar-refractivity contribution in [3.05, 3.63) is 24.8 Å². The third-order valence-electron chi connectivity index (χ3n) is 2.36. The zero-order chi connectivity index (χ0) is 13.9. The van der Waals surface area contributed by atoms with Gasteiger partial charge in [-0.25, -0.2) is 0 Å². The fourth-order valence-corrected chi connectivity index (χ4v) is 4.51. The van der Waals surface area contributed by atoms with E-state index in [2.05, 4.69) is 19.6 Å². The van der Waals surface area contributed by atoms with Crippen LogP contribution in [0, 0.1) is 0 Å². The molecule has 0 aliphatic carbocycles. The standard InChI is InChI=1S/C14H28O3Si/c1-6-10-11-12-14(5)17-18(13-7-2,15-8-3)16-9-4/h6,11-12,14H,1,7-10,13H2,2-5H3. The number of allylic oxidation sites excluding steroid dienone is 2. The quantitative estimate of drug-likeness (QED) is 0.421. The minimum absolute atomic E-state index is 0.0151. The molecule has 3 nitrogen and oxygen atoms in total. The van der Waals surface area contributed by atoms with Gasteiger partial charge in [-0.3, -0.25) is 0 Å². The summed E-state index contributed by atoms with van der Waals surface area (Å²) in [5.74, 6) is 0. The Bertz CT molecular complexity index is 224. The Morgan fingerprint density at radius 3 is 2.22 bits per heavy atom. The van der Waals surface area contributed by atoms with Gasteiger partial charge in [-0.1, -0.05) is 31.6 Å². The summed E-state index contributed by atoms with van der Waals surface area (Å²) in [6.07, 6.45) is 7.85. The summed E-state index contributed by atoms with van der Waals surface area (Å²) in [5, 5.41) is 0. The molecule has 0 N–H and O–H groups in total. The predicted octanol–water partition coefficient (Wildman–Crippen LogP) is 3.95.